The van der Waals surface area contributed by atoms with Crippen LogP contribution in [-0.2, 0) is 15.1 Å². The number of likely N-dealkylation sites (tertiary alicyclic amines) is 1. The first-order chi connectivity index (χ1) is 12.6. The molecular formula is C20H18N2O4. The first kappa shape index (κ1) is 15.4. The fourth-order valence-electron chi connectivity index (χ4n) is 4.90. The molecule has 6 heteroatoms. The second-order valence-corrected chi connectivity index (χ2v) is 7.03. The van der Waals surface area contributed by atoms with Gasteiger partial charge in [0.05, 0.1) is 13.0 Å². The van der Waals surface area contributed by atoms with E-state index in [0.29, 0.717) is 18.0 Å². The second-order valence-electron chi connectivity index (χ2n) is 7.03. The number of methoxy groups -OCH3 is 1. The van der Waals surface area contributed by atoms with E-state index < -0.39 is 11.5 Å². The standard InChI is InChI=1S/C20H18N2O4/c1-22-10-12-16(11-6-5-9-15(25-2)17(11)26-18(12)23)20(22)13-7-3-4-8-14(13)21-19(20)24/h3-9,12,16H,10H2,1-2H3,(H,21,24)/t12-,16-,20+/m1/s1. The predicted octanol–water partition coefficient (Wildman–Crippen LogP) is 2.11. The number of rotatable bonds is 1. The summed E-state index contributed by atoms with van der Waals surface area (Å²) in [7, 11) is 3.44. The molecule has 1 fully saturated rings. The van der Waals surface area contributed by atoms with Crippen molar-refractivity contribution in [2.24, 2.45) is 5.92 Å². The molecule has 132 valence electrons. The number of nitrogens with one attached hydrogen (secondary N) is 1. The third kappa shape index (κ3) is 1.65. The van der Waals surface area contributed by atoms with Gasteiger partial charge >= 0.3 is 5.97 Å². The normalized spacial score (nSPS) is 29.0. The number of carbonyl (C=O) groups is 2. The van der Waals surface area contributed by atoms with Gasteiger partial charge in [0.1, 0.15) is 5.54 Å². The molecule has 0 saturated carbocycles. The highest BCUT2D eigenvalue weighted by Gasteiger charge is 2.65. The maximum Gasteiger partial charge on any atom is 0.316 e. The summed E-state index contributed by atoms with van der Waals surface area (Å²) in [5.74, 6) is -0.220. The molecule has 0 bridgehead atoms. The second kappa shape index (κ2) is 5.08. The Morgan fingerprint density at radius 1 is 1.19 bits per heavy atom. The summed E-state index contributed by atoms with van der Waals surface area (Å²) in [6.07, 6.45) is 0. The molecule has 0 radical (unpaired) electrons. The van der Waals surface area contributed by atoms with Crippen molar-refractivity contribution in [1.82, 2.24) is 4.90 Å². The number of amides is 1. The number of fused-ring (bicyclic) bond motifs is 6. The van der Waals surface area contributed by atoms with Crippen LogP contribution in [0.3, 0.4) is 0 Å². The van der Waals surface area contributed by atoms with Crippen molar-refractivity contribution in [1.29, 1.82) is 0 Å². The van der Waals surface area contributed by atoms with Crippen LogP contribution in [0.25, 0.3) is 0 Å². The number of hydrogen-bond donors (Lipinski definition) is 1. The van der Waals surface area contributed by atoms with Gasteiger partial charge in [-0.15, -0.1) is 0 Å². The summed E-state index contributed by atoms with van der Waals surface area (Å²) in [5, 5.41) is 3.00. The van der Waals surface area contributed by atoms with E-state index in [2.05, 4.69) is 5.32 Å². The van der Waals surface area contributed by atoms with Gasteiger partial charge in [0.2, 0.25) is 5.91 Å². The van der Waals surface area contributed by atoms with Crippen molar-refractivity contribution in [3.8, 4) is 11.5 Å². The lowest BCUT2D eigenvalue weighted by atomic mass is 9.71. The average molecular weight is 350 g/mol. The maximum atomic E-state index is 13.3. The van der Waals surface area contributed by atoms with Crippen molar-refractivity contribution in [3.63, 3.8) is 0 Å². The number of ether oxygens (including phenoxy) is 2. The highest BCUT2D eigenvalue weighted by molar-refractivity contribution is 6.08. The van der Waals surface area contributed by atoms with Gasteiger partial charge in [-0.25, -0.2) is 0 Å². The highest BCUT2D eigenvalue weighted by atomic mass is 16.6. The smallest absolute Gasteiger partial charge is 0.316 e. The van der Waals surface area contributed by atoms with Crippen molar-refractivity contribution in [2.45, 2.75) is 11.5 Å². The zero-order valence-electron chi connectivity index (χ0n) is 14.5. The zero-order chi connectivity index (χ0) is 18.1. The van der Waals surface area contributed by atoms with E-state index >= 15 is 0 Å². The van der Waals surface area contributed by atoms with Crippen LogP contribution in [0.1, 0.15) is 17.0 Å². The summed E-state index contributed by atoms with van der Waals surface area (Å²) in [4.78, 5) is 28.0. The molecule has 3 heterocycles. The summed E-state index contributed by atoms with van der Waals surface area (Å²) < 4.78 is 11.0. The minimum absolute atomic E-state index is 0.0998. The van der Waals surface area contributed by atoms with E-state index in [1.54, 1.807) is 13.2 Å². The molecule has 2 aromatic carbocycles. The third-order valence-electron chi connectivity index (χ3n) is 5.93. The number of para-hydroxylation sites is 2. The molecule has 3 aliphatic rings. The Bertz CT molecular complexity index is 957. The average Bonchev–Trinajstić information content (AvgIpc) is 3.12. The fraction of sp³-hybridized carbons (Fsp3) is 0.300. The van der Waals surface area contributed by atoms with Gasteiger partial charge < -0.3 is 14.8 Å². The van der Waals surface area contributed by atoms with Gasteiger partial charge in [-0.05, 0) is 19.2 Å². The summed E-state index contributed by atoms with van der Waals surface area (Å²) >= 11 is 0. The van der Waals surface area contributed by atoms with E-state index in [-0.39, 0.29) is 17.8 Å². The number of nitrogens with zero attached hydrogens (tertiary/aromatic N) is 1. The van der Waals surface area contributed by atoms with Crippen molar-refractivity contribution in [3.05, 3.63) is 53.6 Å². The Hall–Kier alpha value is -2.86. The maximum absolute atomic E-state index is 13.3. The Morgan fingerprint density at radius 2 is 2.00 bits per heavy atom. The third-order valence-corrected chi connectivity index (χ3v) is 5.93. The fourth-order valence-corrected chi connectivity index (χ4v) is 4.90. The van der Waals surface area contributed by atoms with Crippen LogP contribution in [0.4, 0.5) is 5.69 Å². The Balaban J connectivity index is 1.81. The number of carbonyl (C=O) groups excluding carboxylic acids is 2. The number of hydrogen-bond acceptors (Lipinski definition) is 5. The van der Waals surface area contributed by atoms with Crippen LogP contribution < -0.4 is 14.8 Å². The van der Waals surface area contributed by atoms with Gasteiger partial charge in [-0.2, -0.15) is 0 Å². The largest absolute Gasteiger partial charge is 0.493 e. The summed E-state index contributed by atoms with van der Waals surface area (Å²) in [5.41, 5.74) is 1.61. The van der Waals surface area contributed by atoms with E-state index in [4.69, 9.17) is 9.47 Å². The number of anilines is 1. The van der Waals surface area contributed by atoms with Gasteiger partial charge in [-0.3, -0.25) is 14.5 Å². The molecule has 2 aromatic rings. The molecule has 26 heavy (non-hydrogen) atoms. The van der Waals surface area contributed by atoms with E-state index in [1.807, 2.05) is 48.3 Å². The van der Waals surface area contributed by atoms with Crippen molar-refractivity contribution < 1.29 is 19.1 Å². The molecule has 3 atom stereocenters. The Morgan fingerprint density at radius 3 is 2.81 bits per heavy atom. The Labute approximate surface area is 150 Å². The summed E-state index contributed by atoms with van der Waals surface area (Å²) in [6.45, 7) is 0.460. The first-order valence-corrected chi connectivity index (χ1v) is 8.59. The number of likely N-dealkylation sites (N-methyl/N-ethyl adjacent to an activating group) is 1. The quantitative estimate of drug-likeness (QED) is 0.630. The molecule has 1 saturated heterocycles. The van der Waals surface area contributed by atoms with E-state index in [0.717, 1.165) is 16.8 Å². The van der Waals surface area contributed by atoms with Gasteiger partial charge in [-0.1, -0.05) is 30.3 Å². The van der Waals surface area contributed by atoms with E-state index in [9.17, 15) is 9.59 Å². The van der Waals surface area contributed by atoms with Gasteiger partial charge in [0.15, 0.2) is 11.5 Å². The monoisotopic (exact) mass is 350 g/mol. The lowest BCUT2D eigenvalue weighted by Crippen LogP contribution is -2.49. The van der Waals surface area contributed by atoms with Crippen molar-refractivity contribution in [2.75, 3.05) is 26.0 Å². The lowest BCUT2D eigenvalue weighted by Gasteiger charge is -2.38. The van der Waals surface area contributed by atoms with Crippen LogP contribution in [0.2, 0.25) is 0 Å². The first-order valence-electron chi connectivity index (χ1n) is 8.59. The topological polar surface area (TPSA) is 67.9 Å². The van der Waals surface area contributed by atoms with Gasteiger partial charge in [0.25, 0.3) is 0 Å². The number of benzene rings is 2. The molecular weight excluding hydrogens is 332 g/mol. The molecule has 3 aliphatic heterocycles. The SMILES string of the molecule is COc1cccc2c1OC(=O)[C@@H]1CN(C)[C@]3(C(=O)Nc4ccccc43)[C@H]21. The lowest BCUT2D eigenvalue weighted by molar-refractivity contribution is -0.140. The van der Waals surface area contributed by atoms with Crippen LogP contribution in [0.5, 0.6) is 11.5 Å². The molecule has 5 rings (SSSR count). The zero-order valence-corrected chi connectivity index (χ0v) is 14.5. The molecule has 6 nitrogen and oxygen atoms in total. The van der Waals surface area contributed by atoms with Gasteiger partial charge in [0, 0.05) is 29.3 Å². The van der Waals surface area contributed by atoms with Crippen molar-refractivity contribution >= 4 is 17.6 Å². The van der Waals surface area contributed by atoms with E-state index in [1.165, 1.54) is 0 Å². The molecule has 0 unspecified atom stereocenters. The molecule has 0 aliphatic carbocycles. The highest BCUT2D eigenvalue weighted by Crippen LogP contribution is 2.60. The van der Waals surface area contributed by atoms with Crippen LogP contribution >= 0.6 is 0 Å². The molecule has 0 aromatic heterocycles. The molecule has 1 spiro atoms. The predicted molar refractivity (Wildman–Crippen MR) is 94.2 cm³/mol. The van der Waals surface area contributed by atoms with Crippen LogP contribution in [0.15, 0.2) is 42.5 Å². The summed E-state index contributed by atoms with van der Waals surface area (Å²) in [6, 6.07) is 13.3. The minimum atomic E-state index is -0.929. The molecule has 1 amide bonds. The van der Waals surface area contributed by atoms with Crippen LogP contribution in [0, 0.1) is 5.92 Å². The van der Waals surface area contributed by atoms with Crippen LogP contribution in [-0.4, -0.2) is 37.5 Å². The number of esters is 1. The minimum Gasteiger partial charge on any atom is -0.493 e. The molecule has 1 N–H and O–H groups in total. The Kier molecular flexibility index (Phi) is 3.01.